The lowest BCUT2D eigenvalue weighted by Gasteiger charge is -2.43. The molecule has 0 aliphatic carbocycles. The fraction of sp³-hybridized carbons (Fsp3) is 0.538. The van der Waals surface area contributed by atoms with Crippen LogP contribution in [-0.4, -0.2) is 46.6 Å². The molecule has 2 rings (SSSR count). The summed E-state index contributed by atoms with van der Waals surface area (Å²) in [6, 6.07) is 1.87. The van der Waals surface area contributed by atoms with E-state index in [4.69, 9.17) is 29.6 Å². The summed E-state index contributed by atoms with van der Waals surface area (Å²) in [4.78, 5) is 9.43. The lowest BCUT2D eigenvalue weighted by Crippen LogP contribution is -2.59. The quantitative estimate of drug-likeness (QED) is 0.821. The zero-order valence-corrected chi connectivity index (χ0v) is 14.7. The van der Waals surface area contributed by atoms with Crippen LogP contribution in [0.3, 0.4) is 0 Å². The van der Waals surface area contributed by atoms with Crippen LogP contribution in [0.5, 0.6) is 0 Å². The molecule has 110 valence electrons. The Labute approximate surface area is 138 Å². The van der Waals surface area contributed by atoms with Crippen LogP contribution in [0.25, 0.3) is 0 Å². The molecule has 0 amide bonds. The standard InChI is InChI=1S/C13H18BrClN4S/c1-13(2,12(16)20)19-5-3-18(4-6-19)11-10(15)7-9(14)8-17-11/h7-8H,3-6H2,1-2H3,(H2,16,20). The average molecular weight is 378 g/mol. The van der Waals surface area contributed by atoms with Crippen LogP contribution in [0.1, 0.15) is 13.8 Å². The Morgan fingerprint density at radius 3 is 2.50 bits per heavy atom. The lowest BCUT2D eigenvalue weighted by atomic mass is 10.0. The molecule has 1 aliphatic rings. The van der Waals surface area contributed by atoms with E-state index in [0.29, 0.717) is 10.0 Å². The highest BCUT2D eigenvalue weighted by atomic mass is 79.9. The molecule has 20 heavy (non-hydrogen) atoms. The first-order valence-electron chi connectivity index (χ1n) is 6.43. The molecule has 0 saturated carbocycles. The Bertz CT molecular complexity index is 515. The second-order valence-corrected chi connectivity index (χ2v) is 7.12. The number of thiocarbonyl (C=S) groups is 1. The van der Waals surface area contributed by atoms with Gasteiger partial charge in [0.2, 0.25) is 0 Å². The predicted octanol–water partition coefficient (Wildman–Crippen LogP) is 2.68. The highest BCUT2D eigenvalue weighted by molar-refractivity contribution is 9.10. The van der Waals surface area contributed by atoms with Gasteiger partial charge in [0.1, 0.15) is 5.82 Å². The normalized spacial score (nSPS) is 17.3. The molecule has 0 aromatic carbocycles. The molecule has 0 unspecified atom stereocenters. The van der Waals surface area contributed by atoms with E-state index in [0.717, 1.165) is 36.5 Å². The molecule has 1 aromatic rings. The number of nitrogens with zero attached hydrogens (tertiary/aromatic N) is 3. The summed E-state index contributed by atoms with van der Waals surface area (Å²) in [5.41, 5.74) is 5.57. The SMILES string of the molecule is CC(C)(C(N)=S)N1CCN(c2ncc(Br)cc2Cl)CC1. The van der Waals surface area contributed by atoms with Crippen LogP contribution < -0.4 is 10.6 Å². The number of rotatable bonds is 3. The van der Waals surface area contributed by atoms with Crippen LogP contribution in [0.2, 0.25) is 5.02 Å². The molecule has 1 saturated heterocycles. The zero-order valence-electron chi connectivity index (χ0n) is 11.6. The maximum atomic E-state index is 6.25. The summed E-state index contributed by atoms with van der Waals surface area (Å²) in [5, 5.41) is 0.668. The van der Waals surface area contributed by atoms with E-state index in [2.05, 4.69) is 44.6 Å². The largest absolute Gasteiger partial charge is 0.392 e. The van der Waals surface area contributed by atoms with Crippen molar-refractivity contribution in [2.45, 2.75) is 19.4 Å². The van der Waals surface area contributed by atoms with Crippen LogP contribution in [-0.2, 0) is 0 Å². The fourth-order valence-corrected chi connectivity index (χ4v) is 3.15. The number of hydrogen-bond donors (Lipinski definition) is 1. The van der Waals surface area contributed by atoms with Crippen LogP contribution in [0, 0.1) is 0 Å². The van der Waals surface area contributed by atoms with Gasteiger partial charge in [-0.2, -0.15) is 0 Å². The van der Waals surface area contributed by atoms with Crippen molar-refractivity contribution in [1.29, 1.82) is 0 Å². The van der Waals surface area contributed by atoms with Gasteiger partial charge in [-0.05, 0) is 35.8 Å². The van der Waals surface area contributed by atoms with Gasteiger partial charge >= 0.3 is 0 Å². The molecule has 7 heteroatoms. The highest BCUT2D eigenvalue weighted by Crippen LogP contribution is 2.28. The summed E-state index contributed by atoms with van der Waals surface area (Å²) >= 11 is 14.8. The van der Waals surface area contributed by atoms with E-state index in [9.17, 15) is 0 Å². The molecular weight excluding hydrogens is 360 g/mol. The van der Waals surface area contributed by atoms with Gasteiger partial charge in [-0.3, -0.25) is 4.90 Å². The second kappa shape index (κ2) is 6.13. The molecule has 0 spiro atoms. The number of nitrogens with two attached hydrogens (primary N) is 1. The smallest absolute Gasteiger partial charge is 0.147 e. The van der Waals surface area contributed by atoms with Crippen molar-refractivity contribution in [3.05, 3.63) is 21.8 Å². The van der Waals surface area contributed by atoms with Gasteiger partial charge in [-0.15, -0.1) is 0 Å². The maximum absolute atomic E-state index is 6.25. The molecule has 1 aromatic heterocycles. The van der Waals surface area contributed by atoms with Gasteiger partial charge < -0.3 is 10.6 Å². The van der Waals surface area contributed by atoms with E-state index in [1.165, 1.54) is 0 Å². The Hall–Kier alpha value is -0.430. The van der Waals surface area contributed by atoms with Crippen molar-refractivity contribution < 1.29 is 0 Å². The zero-order chi connectivity index (χ0) is 14.9. The Morgan fingerprint density at radius 2 is 2.00 bits per heavy atom. The summed E-state index contributed by atoms with van der Waals surface area (Å²) in [5.74, 6) is 0.836. The first kappa shape index (κ1) is 15.9. The van der Waals surface area contributed by atoms with Gasteiger partial charge in [0.15, 0.2) is 0 Å². The van der Waals surface area contributed by atoms with E-state index in [-0.39, 0.29) is 5.54 Å². The summed E-state index contributed by atoms with van der Waals surface area (Å²) in [6.45, 7) is 7.63. The molecule has 4 nitrogen and oxygen atoms in total. The third-order valence-electron chi connectivity index (χ3n) is 3.76. The first-order chi connectivity index (χ1) is 9.32. The number of piperazine rings is 1. The molecule has 0 radical (unpaired) electrons. The summed E-state index contributed by atoms with van der Waals surface area (Å²) < 4.78 is 0.888. The number of hydrogen-bond acceptors (Lipinski definition) is 4. The monoisotopic (exact) mass is 376 g/mol. The number of aromatic nitrogens is 1. The minimum Gasteiger partial charge on any atom is -0.392 e. The predicted molar refractivity (Wildman–Crippen MR) is 91.6 cm³/mol. The summed E-state index contributed by atoms with van der Waals surface area (Å²) in [7, 11) is 0. The van der Waals surface area contributed by atoms with E-state index < -0.39 is 0 Å². The van der Waals surface area contributed by atoms with Gasteiger partial charge in [0, 0.05) is 36.8 Å². The third kappa shape index (κ3) is 3.24. The van der Waals surface area contributed by atoms with Crippen molar-refractivity contribution >= 4 is 50.6 Å². The van der Waals surface area contributed by atoms with Crippen molar-refractivity contribution in [1.82, 2.24) is 9.88 Å². The number of pyridine rings is 1. The van der Waals surface area contributed by atoms with Crippen LogP contribution >= 0.6 is 39.7 Å². The topological polar surface area (TPSA) is 45.4 Å². The fourth-order valence-electron chi connectivity index (χ4n) is 2.27. The molecule has 2 N–H and O–H groups in total. The molecular formula is C13H18BrClN4S. The second-order valence-electron chi connectivity index (χ2n) is 5.36. The van der Waals surface area contributed by atoms with Gasteiger partial charge in [-0.25, -0.2) is 4.98 Å². The average Bonchev–Trinajstić information content (AvgIpc) is 2.38. The number of halogens is 2. The summed E-state index contributed by atoms with van der Waals surface area (Å²) in [6.07, 6.45) is 1.77. The van der Waals surface area contributed by atoms with Gasteiger partial charge in [0.05, 0.1) is 15.6 Å². The van der Waals surface area contributed by atoms with E-state index in [1.807, 2.05) is 6.07 Å². The molecule has 0 bridgehead atoms. The van der Waals surface area contributed by atoms with E-state index >= 15 is 0 Å². The number of anilines is 1. The highest BCUT2D eigenvalue weighted by Gasteiger charge is 2.32. The first-order valence-corrected chi connectivity index (χ1v) is 8.01. The van der Waals surface area contributed by atoms with Gasteiger partial charge in [0.25, 0.3) is 0 Å². The Morgan fingerprint density at radius 1 is 1.40 bits per heavy atom. The third-order valence-corrected chi connectivity index (χ3v) is 4.97. The van der Waals surface area contributed by atoms with Crippen molar-refractivity contribution in [2.75, 3.05) is 31.1 Å². The minimum atomic E-state index is -0.252. The Balaban J connectivity index is 2.06. The lowest BCUT2D eigenvalue weighted by molar-refractivity contribution is 0.168. The van der Waals surface area contributed by atoms with E-state index in [1.54, 1.807) is 6.20 Å². The van der Waals surface area contributed by atoms with Crippen molar-refractivity contribution in [3.8, 4) is 0 Å². The van der Waals surface area contributed by atoms with Crippen LogP contribution in [0.15, 0.2) is 16.7 Å². The van der Waals surface area contributed by atoms with Crippen molar-refractivity contribution in [3.63, 3.8) is 0 Å². The minimum absolute atomic E-state index is 0.252. The van der Waals surface area contributed by atoms with Crippen molar-refractivity contribution in [2.24, 2.45) is 5.73 Å². The van der Waals surface area contributed by atoms with Crippen LogP contribution in [0.4, 0.5) is 5.82 Å². The van der Waals surface area contributed by atoms with Gasteiger partial charge in [-0.1, -0.05) is 23.8 Å². The Kier molecular flexibility index (Phi) is 4.89. The molecule has 0 atom stereocenters. The molecule has 1 aliphatic heterocycles. The maximum Gasteiger partial charge on any atom is 0.147 e. The molecule has 2 heterocycles. The molecule has 1 fully saturated rings.